The van der Waals surface area contributed by atoms with E-state index in [2.05, 4.69) is 29.5 Å². The van der Waals surface area contributed by atoms with Crippen LogP contribution in [0.2, 0.25) is 0 Å². The lowest BCUT2D eigenvalue weighted by Gasteiger charge is -2.19. The normalized spacial score (nSPS) is 16.1. The highest BCUT2D eigenvalue weighted by atomic mass is 16.2. The quantitative estimate of drug-likeness (QED) is 0.712. The summed E-state index contributed by atoms with van der Waals surface area (Å²) in [5.41, 5.74) is 7.01. The van der Waals surface area contributed by atoms with Gasteiger partial charge in [-0.3, -0.25) is 0 Å². The molecule has 0 spiro atoms. The van der Waals surface area contributed by atoms with Gasteiger partial charge in [0.25, 0.3) is 0 Å². The van der Waals surface area contributed by atoms with E-state index < -0.39 is 6.03 Å². The van der Waals surface area contributed by atoms with E-state index in [1.54, 1.807) is 0 Å². The van der Waals surface area contributed by atoms with E-state index in [9.17, 15) is 4.79 Å². The highest BCUT2D eigenvalue weighted by Crippen LogP contribution is 2.24. The fraction of sp³-hybridized carbons (Fsp3) is 0.533. The standard InChI is InChI=1S/C15H24N4O/c1-11(17-9-10-19(2)14-7-8-14)12-3-5-13(6-4-12)18-15(16)20/h3-6,11,14,17H,7-10H2,1-2H3,(H3,16,18,20). The molecule has 4 N–H and O–H groups in total. The maximum Gasteiger partial charge on any atom is 0.316 e. The van der Waals surface area contributed by atoms with Gasteiger partial charge in [0.05, 0.1) is 0 Å². The first-order valence-corrected chi connectivity index (χ1v) is 7.16. The molecule has 0 saturated heterocycles. The van der Waals surface area contributed by atoms with Crippen molar-refractivity contribution in [1.82, 2.24) is 10.2 Å². The molecule has 0 radical (unpaired) electrons. The number of hydrogen-bond donors (Lipinski definition) is 3. The molecule has 2 rings (SSSR count). The van der Waals surface area contributed by atoms with Gasteiger partial charge >= 0.3 is 6.03 Å². The number of benzene rings is 1. The van der Waals surface area contributed by atoms with Gasteiger partial charge < -0.3 is 21.3 Å². The molecule has 110 valence electrons. The third-order valence-electron chi connectivity index (χ3n) is 3.76. The number of amides is 2. The molecule has 1 aliphatic carbocycles. The second kappa shape index (κ2) is 6.72. The molecule has 5 nitrogen and oxygen atoms in total. The molecule has 1 aromatic carbocycles. The summed E-state index contributed by atoms with van der Waals surface area (Å²) in [5.74, 6) is 0. The lowest BCUT2D eigenvalue weighted by Crippen LogP contribution is -2.31. The number of urea groups is 1. The van der Waals surface area contributed by atoms with Crippen LogP contribution in [0.3, 0.4) is 0 Å². The highest BCUT2D eigenvalue weighted by molar-refractivity contribution is 5.87. The van der Waals surface area contributed by atoms with Gasteiger partial charge in [-0.05, 0) is 44.5 Å². The molecular formula is C15H24N4O. The van der Waals surface area contributed by atoms with Crippen LogP contribution < -0.4 is 16.4 Å². The Kier molecular flexibility index (Phi) is 4.98. The van der Waals surface area contributed by atoms with Crippen LogP contribution in [-0.4, -0.2) is 37.1 Å². The SMILES string of the molecule is CC(NCCN(C)C1CC1)c1ccc(NC(N)=O)cc1. The lowest BCUT2D eigenvalue weighted by atomic mass is 10.1. The zero-order valence-electron chi connectivity index (χ0n) is 12.2. The Morgan fingerprint density at radius 2 is 2.05 bits per heavy atom. The van der Waals surface area contributed by atoms with Gasteiger partial charge in [0, 0.05) is 30.9 Å². The number of hydrogen-bond acceptors (Lipinski definition) is 3. The van der Waals surface area contributed by atoms with Crippen molar-refractivity contribution in [2.24, 2.45) is 5.73 Å². The fourth-order valence-electron chi connectivity index (χ4n) is 2.27. The number of likely N-dealkylation sites (N-methyl/N-ethyl adjacent to an activating group) is 1. The third-order valence-corrected chi connectivity index (χ3v) is 3.76. The summed E-state index contributed by atoms with van der Waals surface area (Å²) in [7, 11) is 2.19. The average Bonchev–Trinajstić information content (AvgIpc) is 3.23. The molecule has 0 aliphatic heterocycles. The van der Waals surface area contributed by atoms with Crippen molar-refractivity contribution in [1.29, 1.82) is 0 Å². The predicted molar refractivity (Wildman–Crippen MR) is 81.7 cm³/mol. The Bertz CT molecular complexity index is 442. The number of carbonyl (C=O) groups is 1. The fourth-order valence-corrected chi connectivity index (χ4v) is 2.27. The Morgan fingerprint density at radius 3 is 2.60 bits per heavy atom. The van der Waals surface area contributed by atoms with Crippen molar-refractivity contribution in [2.45, 2.75) is 31.8 Å². The first-order chi connectivity index (χ1) is 9.56. The van der Waals surface area contributed by atoms with Crippen molar-refractivity contribution in [3.05, 3.63) is 29.8 Å². The number of carbonyl (C=O) groups excluding carboxylic acids is 1. The van der Waals surface area contributed by atoms with Crippen molar-refractivity contribution < 1.29 is 4.79 Å². The van der Waals surface area contributed by atoms with Gasteiger partial charge in [0.15, 0.2) is 0 Å². The van der Waals surface area contributed by atoms with Crippen molar-refractivity contribution >= 4 is 11.7 Å². The molecular weight excluding hydrogens is 252 g/mol. The summed E-state index contributed by atoms with van der Waals surface area (Å²) >= 11 is 0. The van der Waals surface area contributed by atoms with Gasteiger partial charge in [-0.1, -0.05) is 12.1 Å². The van der Waals surface area contributed by atoms with Crippen LogP contribution >= 0.6 is 0 Å². The summed E-state index contributed by atoms with van der Waals surface area (Å²) in [6.07, 6.45) is 2.70. The van der Waals surface area contributed by atoms with E-state index in [4.69, 9.17) is 5.73 Å². The van der Waals surface area contributed by atoms with E-state index >= 15 is 0 Å². The van der Waals surface area contributed by atoms with Crippen LogP contribution in [0.25, 0.3) is 0 Å². The molecule has 1 aliphatic rings. The van der Waals surface area contributed by atoms with E-state index in [1.165, 1.54) is 18.4 Å². The minimum Gasteiger partial charge on any atom is -0.351 e. The molecule has 0 heterocycles. The Balaban J connectivity index is 1.76. The van der Waals surface area contributed by atoms with Gasteiger partial charge in [-0.2, -0.15) is 0 Å². The Labute approximate surface area is 120 Å². The minimum absolute atomic E-state index is 0.297. The van der Waals surface area contributed by atoms with Crippen LogP contribution in [0.5, 0.6) is 0 Å². The molecule has 1 unspecified atom stereocenters. The Morgan fingerprint density at radius 1 is 1.40 bits per heavy atom. The van der Waals surface area contributed by atoms with Crippen LogP contribution in [-0.2, 0) is 0 Å². The predicted octanol–water partition coefficient (Wildman–Crippen LogP) is 1.92. The number of primary amides is 1. The molecule has 5 heteroatoms. The first kappa shape index (κ1) is 14.8. The van der Waals surface area contributed by atoms with Crippen molar-refractivity contribution in [2.75, 3.05) is 25.5 Å². The zero-order valence-corrected chi connectivity index (χ0v) is 12.2. The zero-order chi connectivity index (χ0) is 14.5. The summed E-state index contributed by atoms with van der Waals surface area (Å²) in [4.78, 5) is 13.2. The minimum atomic E-state index is -0.535. The first-order valence-electron chi connectivity index (χ1n) is 7.16. The number of nitrogens with one attached hydrogen (secondary N) is 2. The van der Waals surface area contributed by atoms with Gasteiger partial charge in [0.2, 0.25) is 0 Å². The van der Waals surface area contributed by atoms with E-state index in [1.807, 2.05) is 24.3 Å². The maximum atomic E-state index is 10.7. The smallest absolute Gasteiger partial charge is 0.316 e. The molecule has 1 fully saturated rings. The molecule has 1 aromatic rings. The average molecular weight is 276 g/mol. The van der Waals surface area contributed by atoms with E-state index in [0.717, 1.165) is 24.8 Å². The molecule has 1 saturated carbocycles. The molecule has 2 amide bonds. The second-order valence-corrected chi connectivity index (χ2v) is 5.50. The Hall–Kier alpha value is -1.59. The molecule has 0 aromatic heterocycles. The lowest BCUT2D eigenvalue weighted by molar-refractivity contribution is 0.259. The number of nitrogens with two attached hydrogens (primary N) is 1. The van der Waals surface area contributed by atoms with Gasteiger partial charge in [-0.25, -0.2) is 4.79 Å². The molecule has 1 atom stereocenters. The molecule has 20 heavy (non-hydrogen) atoms. The van der Waals surface area contributed by atoms with E-state index in [0.29, 0.717) is 6.04 Å². The molecule has 0 bridgehead atoms. The highest BCUT2D eigenvalue weighted by Gasteiger charge is 2.25. The van der Waals surface area contributed by atoms with Crippen molar-refractivity contribution in [3.63, 3.8) is 0 Å². The monoisotopic (exact) mass is 276 g/mol. The van der Waals surface area contributed by atoms with Crippen LogP contribution in [0.1, 0.15) is 31.4 Å². The summed E-state index contributed by atoms with van der Waals surface area (Å²) in [6, 6.07) is 8.33. The summed E-state index contributed by atoms with van der Waals surface area (Å²) in [5, 5.41) is 6.08. The van der Waals surface area contributed by atoms with Crippen LogP contribution in [0, 0.1) is 0 Å². The van der Waals surface area contributed by atoms with Gasteiger partial charge in [-0.15, -0.1) is 0 Å². The van der Waals surface area contributed by atoms with Crippen molar-refractivity contribution in [3.8, 4) is 0 Å². The van der Waals surface area contributed by atoms with E-state index in [-0.39, 0.29) is 0 Å². The summed E-state index contributed by atoms with van der Waals surface area (Å²) < 4.78 is 0. The topological polar surface area (TPSA) is 70.4 Å². The maximum absolute atomic E-state index is 10.7. The van der Waals surface area contributed by atoms with Gasteiger partial charge in [0.1, 0.15) is 0 Å². The number of anilines is 1. The number of rotatable bonds is 7. The van der Waals surface area contributed by atoms with Crippen LogP contribution in [0.15, 0.2) is 24.3 Å². The second-order valence-electron chi connectivity index (χ2n) is 5.50. The van der Waals surface area contributed by atoms with Crippen LogP contribution in [0.4, 0.5) is 10.5 Å². The largest absolute Gasteiger partial charge is 0.351 e. The number of nitrogens with zero attached hydrogens (tertiary/aromatic N) is 1. The summed E-state index contributed by atoms with van der Waals surface area (Å²) in [6.45, 7) is 4.21. The third kappa shape index (κ3) is 4.51.